The van der Waals surface area contributed by atoms with Crippen molar-refractivity contribution in [2.75, 3.05) is 4.90 Å². The van der Waals surface area contributed by atoms with Gasteiger partial charge in [-0.3, -0.25) is 0 Å². The Bertz CT molecular complexity index is 2490. The van der Waals surface area contributed by atoms with Gasteiger partial charge < -0.3 is 9.47 Å². The molecule has 0 bridgehead atoms. The van der Waals surface area contributed by atoms with Crippen molar-refractivity contribution in [3.8, 4) is 5.69 Å². The number of unbranched alkanes of at least 4 members (excludes halogenated alkanes) is 1. The molecule has 4 aliphatic carbocycles. The SMILES string of the molecule is C=CCC/C=C/C1=CCC[C@@H](N2c3ccccc3C3=CC(c4ccc5c(c4)c4ccccc4n5-c4ccc5c(c4)C(C)(C)C4C=CC=CC54)=CCC32)C1. The molecular formula is C51H48N2. The van der Waals surface area contributed by atoms with E-state index in [9.17, 15) is 0 Å². The number of aromatic nitrogens is 1. The zero-order valence-corrected chi connectivity index (χ0v) is 31.0. The lowest BCUT2D eigenvalue weighted by molar-refractivity contribution is 0.394. The smallest absolute Gasteiger partial charge is 0.0587 e. The summed E-state index contributed by atoms with van der Waals surface area (Å²) in [6.45, 7) is 8.74. The fourth-order valence-corrected chi connectivity index (χ4v) is 10.4. The quantitative estimate of drug-likeness (QED) is 0.122. The first kappa shape index (κ1) is 32.3. The van der Waals surface area contributed by atoms with Crippen LogP contribution in [0.1, 0.15) is 80.5 Å². The number of benzene rings is 4. The predicted octanol–water partition coefficient (Wildman–Crippen LogP) is 13.0. The maximum atomic E-state index is 3.89. The summed E-state index contributed by atoms with van der Waals surface area (Å²) in [5, 5.41) is 2.62. The Morgan fingerprint density at radius 1 is 0.849 bits per heavy atom. The molecule has 10 rings (SSSR count). The van der Waals surface area contributed by atoms with E-state index in [0.29, 0.717) is 23.9 Å². The van der Waals surface area contributed by atoms with Crippen LogP contribution in [0.3, 0.4) is 0 Å². The summed E-state index contributed by atoms with van der Waals surface area (Å²) in [4.78, 5) is 2.77. The average molecular weight is 689 g/mol. The number of hydrogen-bond donors (Lipinski definition) is 0. The highest BCUT2D eigenvalue weighted by atomic mass is 15.2. The van der Waals surface area contributed by atoms with Crippen molar-refractivity contribution in [3.63, 3.8) is 0 Å². The van der Waals surface area contributed by atoms with Crippen LogP contribution in [0.5, 0.6) is 0 Å². The zero-order chi connectivity index (χ0) is 35.7. The van der Waals surface area contributed by atoms with E-state index in [0.717, 1.165) is 32.1 Å². The van der Waals surface area contributed by atoms with Crippen molar-refractivity contribution in [3.05, 3.63) is 180 Å². The molecule has 5 aliphatic rings. The second-order valence-electron chi connectivity index (χ2n) is 16.3. The molecule has 4 atom stereocenters. The highest BCUT2D eigenvalue weighted by Crippen LogP contribution is 2.54. The monoisotopic (exact) mass is 688 g/mol. The average Bonchev–Trinajstić information content (AvgIpc) is 3.79. The van der Waals surface area contributed by atoms with Gasteiger partial charge in [-0.25, -0.2) is 0 Å². The lowest BCUT2D eigenvalue weighted by atomic mass is 9.74. The van der Waals surface area contributed by atoms with Crippen molar-refractivity contribution in [2.45, 2.75) is 75.8 Å². The molecule has 0 saturated heterocycles. The third kappa shape index (κ3) is 5.13. The Balaban J connectivity index is 1.00. The van der Waals surface area contributed by atoms with Crippen LogP contribution in [-0.4, -0.2) is 16.7 Å². The van der Waals surface area contributed by atoms with Gasteiger partial charge in [-0.15, -0.1) is 6.58 Å². The number of nitrogens with zero attached hydrogens (tertiary/aromatic N) is 2. The summed E-state index contributed by atoms with van der Waals surface area (Å²) in [5.41, 5.74) is 15.2. The first-order chi connectivity index (χ1) is 26.0. The van der Waals surface area contributed by atoms with Crippen molar-refractivity contribution in [2.24, 2.45) is 5.92 Å². The Hall–Kier alpha value is -5.34. The predicted molar refractivity (Wildman–Crippen MR) is 226 cm³/mol. The normalized spacial score (nSPS) is 23.8. The highest BCUT2D eigenvalue weighted by molar-refractivity contribution is 6.10. The minimum absolute atomic E-state index is 0.0782. The first-order valence-electron chi connectivity index (χ1n) is 19.8. The maximum Gasteiger partial charge on any atom is 0.0587 e. The number of anilines is 1. The number of fused-ring (bicyclic) bond motifs is 9. The number of para-hydroxylation sites is 2. The van der Waals surface area contributed by atoms with E-state index in [4.69, 9.17) is 0 Å². The van der Waals surface area contributed by atoms with Crippen LogP contribution in [-0.2, 0) is 5.41 Å². The van der Waals surface area contributed by atoms with Crippen molar-refractivity contribution in [1.82, 2.24) is 4.57 Å². The zero-order valence-electron chi connectivity index (χ0n) is 31.0. The third-order valence-corrected chi connectivity index (χ3v) is 13.0. The molecule has 3 unspecified atom stereocenters. The first-order valence-corrected chi connectivity index (χ1v) is 19.8. The largest absolute Gasteiger partial charge is 0.360 e. The molecule has 4 aromatic carbocycles. The number of allylic oxidation sites excluding steroid dienone is 10. The van der Waals surface area contributed by atoms with Gasteiger partial charge in [-0.1, -0.05) is 123 Å². The molecule has 0 fully saturated rings. The summed E-state index contributed by atoms with van der Waals surface area (Å²) in [5.74, 6) is 0.962. The summed E-state index contributed by atoms with van der Waals surface area (Å²) in [7, 11) is 0. The molecular weight excluding hydrogens is 641 g/mol. The van der Waals surface area contributed by atoms with E-state index in [-0.39, 0.29) is 5.41 Å². The summed E-state index contributed by atoms with van der Waals surface area (Å²) >= 11 is 0. The molecule has 2 heteroatoms. The standard InChI is InChI=1S/C51H48N2/c1-4-5-6-7-15-34-16-14-17-37(30-34)52-47-22-12-9-19-41(47)43-31-35(24-28-49(43)52)36-25-29-50-44(32-36)42-20-10-13-23-48(42)53(50)38-26-27-40-39-18-8-11-21-45(39)51(2,3)46(40)33-38/h4,7-13,15-16,18-27,29,31-33,37,39,45,49H,1,5-6,14,17,28,30H2,2-3H3/b15-7+/t37-,39?,45?,49?/m1/s1. The fraction of sp³-hybridized carbons (Fsp3) is 0.255. The lowest BCUT2D eigenvalue weighted by Crippen LogP contribution is -2.42. The van der Waals surface area contributed by atoms with Crippen LogP contribution in [0.4, 0.5) is 5.69 Å². The molecule has 5 aromatic rings. The van der Waals surface area contributed by atoms with Crippen molar-refractivity contribution >= 4 is 38.6 Å². The second-order valence-corrected chi connectivity index (χ2v) is 16.3. The van der Waals surface area contributed by atoms with Gasteiger partial charge >= 0.3 is 0 Å². The molecule has 262 valence electrons. The highest BCUT2D eigenvalue weighted by Gasteiger charge is 2.44. The van der Waals surface area contributed by atoms with Crippen LogP contribution in [0.25, 0.3) is 38.6 Å². The van der Waals surface area contributed by atoms with Crippen LogP contribution < -0.4 is 4.90 Å². The van der Waals surface area contributed by atoms with Gasteiger partial charge in [0, 0.05) is 39.7 Å². The molecule has 0 radical (unpaired) electrons. The summed E-state index contributed by atoms with van der Waals surface area (Å²) < 4.78 is 2.49. The third-order valence-electron chi connectivity index (χ3n) is 13.0. The van der Waals surface area contributed by atoms with E-state index >= 15 is 0 Å². The number of rotatable bonds is 7. The molecule has 0 saturated carbocycles. The van der Waals surface area contributed by atoms with Gasteiger partial charge in [0.15, 0.2) is 0 Å². The van der Waals surface area contributed by atoms with Gasteiger partial charge in [-0.2, -0.15) is 0 Å². The Kier molecular flexibility index (Phi) is 7.72. The summed E-state index contributed by atoms with van der Waals surface area (Å²) in [6.07, 6.45) is 30.0. The Labute approximate surface area is 314 Å². The van der Waals surface area contributed by atoms with E-state index < -0.39 is 0 Å². The molecule has 53 heavy (non-hydrogen) atoms. The van der Waals surface area contributed by atoms with Gasteiger partial charge in [0.1, 0.15) is 0 Å². The maximum absolute atomic E-state index is 3.89. The summed E-state index contributed by atoms with van der Waals surface area (Å²) in [6, 6.07) is 33.4. The van der Waals surface area contributed by atoms with Gasteiger partial charge in [-0.05, 0) is 120 Å². The molecule has 2 nitrogen and oxygen atoms in total. The van der Waals surface area contributed by atoms with Crippen LogP contribution in [0.2, 0.25) is 0 Å². The fourth-order valence-electron chi connectivity index (χ4n) is 10.4. The molecule has 1 aromatic heterocycles. The Morgan fingerprint density at radius 3 is 2.62 bits per heavy atom. The lowest BCUT2D eigenvalue weighted by Gasteiger charge is -2.38. The van der Waals surface area contributed by atoms with Gasteiger partial charge in [0.2, 0.25) is 0 Å². The van der Waals surface area contributed by atoms with Gasteiger partial charge in [0.05, 0.1) is 17.1 Å². The van der Waals surface area contributed by atoms with E-state index in [1.54, 1.807) is 0 Å². The molecule has 2 heterocycles. The van der Waals surface area contributed by atoms with Crippen LogP contribution in [0.15, 0.2) is 158 Å². The van der Waals surface area contributed by atoms with Crippen LogP contribution in [0, 0.1) is 5.92 Å². The molecule has 1 aliphatic heterocycles. The van der Waals surface area contributed by atoms with E-state index in [2.05, 4.69) is 170 Å². The Morgan fingerprint density at radius 2 is 1.70 bits per heavy atom. The second kappa shape index (κ2) is 12.7. The minimum atomic E-state index is 0.0782. The van der Waals surface area contributed by atoms with Crippen molar-refractivity contribution in [1.29, 1.82) is 0 Å². The van der Waals surface area contributed by atoms with Gasteiger partial charge in [0.25, 0.3) is 0 Å². The van der Waals surface area contributed by atoms with E-state index in [1.807, 2.05) is 6.08 Å². The van der Waals surface area contributed by atoms with Crippen molar-refractivity contribution < 1.29 is 0 Å². The molecule has 0 N–H and O–H groups in total. The molecule has 0 amide bonds. The topological polar surface area (TPSA) is 8.17 Å². The van der Waals surface area contributed by atoms with Crippen LogP contribution >= 0.6 is 0 Å². The minimum Gasteiger partial charge on any atom is -0.360 e. The number of hydrogen-bond acceptors (Lipinski definition) is 1. The van der Waals surface area contributed by atoms with E-state index in [1.165, 1.54) is 78.6 Å². The molecule has 0 spiro atoms.